The minimum atomic E-state index is -0.109. The van der Waals surface area contributed by atoms with Crippen molar-refractivity contribution in [1.82, 2.24) is 19.7 Å². The number of carbonyl (C=O) groups is 1. The van der Waals surface area contributed by atoms with Crippen molar-refractivity contribution in [2.75, 3.05) is 5.32 Å². The lowest BCUT2D eigenvalue weighted by Crippen LogP contribution is -2.05. The predicted octanol–water partition coefficient (Wildman–Crippen LogP) is 3.25. The summed E-state index contributed by atoms with van der Waals surface area (Å²) in [6.45, 7) is 1.47. The van der Waals surface area contributed by atoms with Crippen molar-refractivity contribution in [1.29, 1.82) is 0 Å². The van der Waals surface area contributed by atoms with E-state index in [0.717, 1.165) is 21.6 Å². The van der Waals surface area contributed by atoms with E-state index in [1.165, 1.54) is 18.3 Å². The Morgan fingerprint density at radius 3 is 3.00 bits per heavy atom. The van der Waals surface area contributed by atoms with E-state index in [1.807, 2.05) is 34.5 Å². The smallest absolute Gasteiger partial charge is 0.223 e. The summed E-state index contributed by atoms with van der Waals surface area (Å²) in [5.41, 5.74) is 0.916. The van der Waals surface area contributed by atoms with Crippen LogP contribution in [0.1, 0.15) is 12.6 Å². The number of hydrogen-bond acceptors (Lipinski definition) is 7. The topological polar surface area (TPSA) is 72.7 Å². The van der Waals surface area contributed by atoms with Gasteiger partial charge in [-0.15, -0.1) is 32.9 Å². The Kier molecular flexibility index (Phi) is 4.55. The number of nitrogens with one attached hydrogen (secondary N) is 1. The largest absolute Gasteiger partial charge is 0.304 e. The summed E-state index contributed by atoms with van der Waals surface area (Å²) in [6, 6.07) is 4.03. The molecule has 0 aliphatic heterocycles. The van der Waals surface area contributed by atoms with Crippen LogP contribution >= 0.6 is 34.4 Å². The lowest BCUT2D eigenvalue weighted by Gasteiger charge is -2.01. The number of hydrogen-bond donors (Lipinski definition) is 1. The molecule has 0 aromatic carbocycles. The fourth-order valence-electron chi connectivity index (χ4n) is 1.78. The van der Waals surface area contributed by atoms with Crippen LogP contribution in [-0.4, -0.2) is 25.7 Å². The van der Waals surface area contributed by atoms with Crippen molar-refractivity contribution in [3.63, 3.8) is 0 Å². The first kappa shape index (κ1) is 15.2. The van der Waals surface area contributed by atoms with Crippen LogP contribution in [-0.2, 0) is 17.6 Å². The van der Waals surface area contributed by atoms with E-state index in [0.29, 0.717) is 10.9 Å². The first-order valence-corrected chi connectivity index (χ1v) is 9.16. The van der Waals surface area contributed by atoms with Crippen LogP contribution in [0.15, 0.2) is 28.0 Å². The first-order valence-electron chi connectivity index (χ1n) is 6.41. The average molecular weight is 351 g/mol. The van der Waals surface area contributed by atoms with E-state index in [-0.39, 0.29) is 5.91 Å². The molecule has 3 rings (SSSR count). The molecule has 3 aromatic rings. The van der Waals surface area contributed by atoms with Crippen LogP contribution in [0.2, 0.25) is 0 Å². The standard InChI is InChI=1S/C13H13N5OS3/c1-8(19)14-12-15-9(6-21-12)7-22-13-17-16-11(18(13)2)10-4-3-5-20-10/h3-6H,7H2,1-2H3,(H,14,15,19). The maximum absolute atomic E-state index is 11.0. The first-order chi connectivity index (χ1) is 10.6. The fourth-order valence-corrected chi connectivity index (χ4v) is 4.19. The van der Waals surface area contributed by atoms with Gasteiger partial charge in [0.05, 0.1) is 10.6 Å². The Hall–Kier alpha value is -1.71. The highest BCUT2D eigenvalue weighted by atomic mass is 32.2. The minimum absolute atomic E-state index is 0.109. The van der Waals surface area contributed by atoms with Crippen molar-refractivity contribution in [2.45, 2.75) is 17.8 Å². The molecule has 0 radical (unpaired) electrons. The number of thioether (sulfide) groups is 1. The molecule has 0 saturated heterocycles. The van der Waals surface area contributed by atoms with E-state index in [2.05, 4.69) is 20.5 Å². The van der Waals surface area contributed by atoms with Gasteiger partial charge in [-0.25, -0.2) is 4.98 Å². The molecule has 0 aliphatic rings. The quantitative estimate of drug-likeness (QED) is 0.714. The Labute approximate surface area is 139 Å². The molecule has 3 aromatic heterocycles. The number of thiophene rings is 1. The normalized spacial score (nSPS) is 10.8. The number of amides is 1. The van der Waals surface area contributed by atoms with Crippen LogP contribution < -0.4 is 5.32 Å². The molecule has 6 nitrogen and oxygen atoms in total. The molecule has 0 bridgehead atoms. The van der Waals surface area contributed by atoms with Crippen LogP contribution in [0, 0.1) is 0 Å². The second-order valence-corrected chi connectivity index (χ2v) is 7.20. The summed E-state index contributed by atoms with van der Waals surface area (Å²) in [5.74, 6) is 1.45. The van der Waals surface area contributed by atoms with Crippen LogP contribution in [0.25, 0.3) is 10.7 Å². The van der Waals surface area contributed by atoms with E-state index in [9.17, 15) is 4.79 Å². The van der Waals surface area contributed by atoms with E-state index in [4.69, 9.17) is 0 Å². The summed E-state index contributed by atoms with van der Waals surface area (Å²) in [6.07, 6.45) is 0. The van der Waals surface area contributed by atoms with Gasteiger partial charge in [0.25, 0.3) is 0 Å². The Morgan fingerprint density at radius 2 is 2.27 bits per heavy atom. The molecule has 22 heavy (non-hydrogen) atoms. The summed E-state index contributed by atoms with van der Waals surface area (Å²) in [4.78, 5) is 16.5. The number of carbonyl (C=O) groups excluding carboxylic acids is 1. The molecule has 3 heterocycles. The van der Waals surface area contributed by atoms with Crippen LogP contribution in [0.3, 0.4) is 0 Å². The number of nitrogens with zero attached hydrogens (tertiary/aromatic N) is 4. The zero-order valence-electron chi connectivity index (χ0n) is 11.9. The lowest BCUT2D eigenvalue weighted by molar-refractivity contribution is -0.114. The molecule has 114 valence electrons. The monoisotopic (exact) mass is 351 g/mol. The average Bonchev–Trinajstić information content (AvgIpc) is 3.17. The maximum atomic E-state index is 11.0. The third-order valence-electron chi connectivity index (χ3n) is 2.76. The third kappa shape index (κ3) is 3.37. The number of thiazole rings is 1. The van der Waals surface area contributed by atoms with Gasteiger partial charge in [0.1, 0.15) is 0 Å². The second kappa shape index (κ2) is 6.59. The third-order valence-corrected chi connectivity index (χ3v) is 5.49. The van der Waals surface area contributed by atoms with Gasteiger partial charge in [-0.3, -0.25) is 4.79 Å². The zero-order valence-corrected chi connectivity index (χ0v) is 14.4. The zero-order chi connectivity index (χ0) is 15.5. The molecule has 0 saturated carbocycles. The van der Waals surface area contributed by atoms with Gasteiger partial charge in [0.2, 0.25) is 5.91 Å². The molecule has 0 atom stereocenters. The molecular formula is C13H13N5OS3. The fraction of sp³-hybridized carbons (Fsp3) is 0.231. The van der Waals surface area contributed by atoms with Crippen LogP contribution in [0.4, 0.5) is 5.13 Å². The second-order valence-electron chi connectivity index (χ2n) is 4.46. The van der Waals surface area contributed by atoms with Gasteiger partial charge in [-0.05, 0) is 11.4 Å². The maximum Gasteiger partial charge on any atom is 0.223 e. The van der Waals surface area contributed by atoms with Crippen molar-refractivity contribution in [2.24, 2.45) is 7.05 Å². The number of rotatable bonds is 5. The summed E-state index contributed by atoms with van der Waals surface area (Å²) in [7, 11) is 1.96. The minimum Gasteiger partial charge on any atom is -0.304 e. The number of aromatic nitrogens is 4. The lowest BCUT2D eigenvalue weighted by atomic mass is 10.4. The van der Waals surface area contributed by atoms with Crippen molar-refractivity contribution in [3.8, 4) is 10.7 Å². The van der Waals surface area contributed by atoms with E-state index in [1.54, 1.807) is 23.1 Å². The van der Waals surface area contributed by atoms with E-state index >= 15 is 0 Å². The molecule has 0 aliphatic carbocycles. The van der Waals surface area contributed by atoms with Gasteiger partial charge in [-0.2, -0.15) is 0 Å². The van der Waals surface area contributed by atoms with Gasteiger partial charge in [0.15, 0.2) is 16.1 Å². The van der Waals surface area contributed by atoms with Crippen molar-refractivity contribution < 1.29 is 4.79 Å². The Balaban J connectivity index is 1.67. The highest BCUT2D eigenvalue weighted by Crippen LogP contribution is 2.28. The predicted molar refractivity (Wildman–Crippen MR) is 90.3 cm³/mol. The Bertz CT molecular complexity index is 778. The van der Waals surface area contributed by atoms with Crippen LogP contribution in [0.5, 0.6) is 0 Å². The van der Waals surface area contributed by atoms with Gasteiger partial charge in [-0.1, -0.05) is 17.8 Å². The molecule has 1 N–H and O–H groups in total. The van der Waals surface area contributed by atoms with E-state index < -0.39 is 0 Å². The Morgan fingerprint density at radius 1 is 1.41 bits per heavy atom. The highest BCUT2D eigenvalue weighted by Gasteiger charge is 2.13. The molecular weight excluding hydrogens is 338 g/mol. The van der Waals surface area contributed by atoms with Gasteiger partial charge < -0.3 is 9.88 Å². The van der Waals surface area contributed by atoms with Crippen molar-refractivity contribution >= 4 is 45.5 Å². The highest BCUT2D eigenvalue weighted by molar-refractivity contribution is 7.98. The van der Waals surface area contributed by atoms with Gasteiger partial charge in [0, 0.05) is 25.1 Å². The number of anilines is 1. The van der Waals surface area contributed by atoms with Gasteiger partial charge >= 0.3 is 0 Å². The SMILES string of the molecule is CC(=O)Nc1nc(CSc2nnc(-c3cccs3)n2C)cs1. The molecule has 0 spiro atoms. The summed E-state index contributed by atoms with van der Waals surface area (Å²) in [5, 5.41) is 16.6. The molecule has 0 fully saturated rings. The summed E-state index contributed by atoms with van der Waals surface area (Å²) < 4.78 is 1.98. The van der Waals surface area contributed by atoms with Crippen molar-refractivity contribution in [3.05, 3.63) is 28.6 Å². The summed E-state index contributed by atoms with van der Waals surface area (Å²) >= 11 is 4.64. The molecule has 1 amide bonds. The molecule has 0 unspecified atom stereocenters. The molecule has 9 heteroatoms.